The van der Waals surface area contributed by atoms with Crippen LogP contribution in [0.5, 0.6) is 0 Å². The van der Waals surface area contributed by atoms with Gasteiger partial charge >= 0.3 is 0 Å². The highest BCUT2D eigenvalue weighted by Crippen LogP contribution is 2.32. The van der Waals surface area contributed by atoms with Crippen LogP contribution in [0.25, 0.3) is 0 Å². The number of aliphatic hydroxyl groups excluding tert-OH is 3. The minimum absolute atomic E-state index is 0.0869. The predicted octanol–water partition coefficient (Wildman–Crippen LogP) is 1.99. The number of benzene rings is 1. The Kier molecular flexibility index (Phi) is 7.93. The topological polar surface area (TPSA) is 94.8 Å². The lowest BCUT2D eigenvalue weighted by Gasteiger charge is -2.23. The standard InChI is InChI=1S/C15H18O2.C5H12O3/c1-9-4-11(3)15(5-10(9)2)12-6-13(16)8-14(17)7-12;1-5(2-6,3-7)4-8/h4-5,12H,6-8H2,1-3H3;6-8H,2-4H2,1H3. The maximum atomic E-state index is 11.5. The van der Waals surface area contributed by atoms with Gasteiger partial charge in [-0.3, -0.25) is 9.59 Å². The molecule has 140 valence electrons. The summed E-state index contributed by atoms with van der Waals surface area (Å²) in [4.78, 5) is 23.0. The maximum absolute atomic E-state index is 11.5. The van der Waals surface area contributed by atoms with Gasteiger partial charge in [0.25, 0.3) is 0 Å². The molecule has 0 radical (unpaired) electrons. The van der Waals surface area contributed by atoms with E-state index in [-0.39, 0.29) is 43.7 Å². The summed E-state index contributed by atoms with van der Waals surface area (Å²) in [6.07, 6.45) is 1.19. The molecule has 1 aliphatic rings. The third kappa shape index (κ3) is 6.03. The number of Topliss-reactive ketones (excluding diaryl/α,β-unsaturated/α-hetero) is 2. The molecule has 0 saturated heterocycles. The zero-order valence-electron chi connectivity index (χ0n) is 15.6. The molecule has 5 heteroatoms. The Morgan fingerprint density at radius 1 is 0.880 bits per heavy atom. The van der Waals surface area contributed by atoms with Crippen LogP contribution < -0.4 is 0 Å². The molecular weight excluding hydrogens is 320 g/mol. The van der Waals surface area contributed by atoms with Crippen molar-refractivity contribution in [2.45, 2.75) is 52.9 Å². The van der Waals surface area contributed by atoms with Crippen molar-refractivity contribution in [1.82, 2.24) is 0 Å². The number of carbonyl (C=O) groups is 2. The molecule has 3 N–H and O–H groups in total. The lowest BCUT2D eigenvalue weighted by atomic mass is 9.80. The zero-order valence-corrected chi connectivity index (χ0v) is 15.6. The van der Waals surface area contributed by atoms with Crippen molar-refractivity contribution in [3.63, 3.8) is 0 Å². The Bertz CT molecular complexity index is 592. The molecule has 2 rings (SSSR count). The van der Waals surface area contributed by atoms with Crippen molar-refractivity contribution in [2.75, 3.05) is 19.8 Å². The molecule has 0 unspecified atom stereocenters. The second-order valence-electron chi connectivity index (χ2n) is 7.44. The average molecular weight is 350 g/mol. The largest absolute Gasteiger partial charge is 0.396 e. The molecule has 1 aliphatic carbocycles. The highest BCUT2D eigenvalue weighted by atomic mass is 16.3. The maximum Gasteiger partial charge on any atom is 0.140 e. The van der Waals surface area contributed by atoms with E-state index in [4.69, 9.17) is 15.3 Å². The average Bonchev–Trinajstić information content (AvgIpc) is 2.57. The Labute approximate surface area is 149 Å². The van der Waals surface area contributed by atoms with Gasteiger partial charge in [0.2, 0.25) is 0 Å². The van der Waals surface area contributed by atoms with Crippen LogP contribution >= 0.6 is 0 Å². The van der Waals surface area contributed by atoms with E-state index in [0.29, 0.717) is 12.8 Å². The predicted molar refractivity (Wildman–Crippen MR) is 96.6 cm³/mol. The van der Waals surface area contributed by atoms with E-state index in [0.717, 1.165) is 0 Å². The third-order valence-corrected chi connectivity index (χ3v) is 4.81. The lowest BCUT2D eigenvalue weighted by molar-refractivity contribution is -0.130. The minimum atomic E-state index is -0.708. The molecule has 0 aliphatic heterocycles. The van der Waals surface area contributed by atoms with Crippen molar-refractivity contribution in [3.05, 3.63) is 34.4 Å². The SMILES string of the molecule is CC(CO)(CO)CO.Cc1cc(C)c(C2CC(=O)CC(=O)C2)cc1C. The highest BCUT2D eigenvalue weighted by Gasteiger charge is 2.27. The van der Waals surface area contributed by atoms with Gasteiger partial charge in [0.05, 0.1) is 26.2 Å². The van der Waals surface area contributed by atoms with Crippen LogP contribution in [-0.2, 0) is 9.59 Å². The van der Waals surface area contributed by atoms with Gasteiger partial charge in [-0.1, -0.05) is 19.1 Å². The fourth-order valence-corrected chi connectivity index (χ4v) is 2.78. The van der Waals surface area contributed by atoms with Gasteiger partial charge in [-0.25, -0.2) is 0 Å². The van der Waals surface area contributed by atoms with Crippen LogP contribution in [0.4, 0.5) is 0 Å². The van der Waals surface area contributed by atoms with Gasteiger partial charge in [0.1, 0.15) is 11.6 Å². The van der Waals surface area contributed by atoms with Gasteiger partial charge in [-0.2, -0.15) is 0 Å². The first kappa shape index (κ1) is 21.5. The molecule has 25 heavy (non-hydrogen) atoms. The van der Waals surface area contributed by atoms with Crippen molar-refractivity contribution < 1.29 is 24.9 Å². The first-order valence-corrected chi connectivity index (χ1v) is 8.59. The normalized spacial score (nSPS) is 15.8. The highest BCUT2D eigenvalue weighted by molar-refractivity contribution is 6.02. The Hall–Kier alpha value is -1.56. The van der Waals surface area contributed by atoms with Gasteiger partial charge in [-0.15, -0.1) is 0 Å². The summed E-state index contributed by atoms with van der Waals surface area (Å²) in [7, 11) is 0. The van der Waals surface area contributed by atoms with E-state index < -0.39 is 5.41 Å². The molecule has 0 atom stereocenters. The molecular formula is C20H30O5. The number of ketones is 2. The molecule has 1 fully saturated rings. The number of rotatable bonds is 4. The lowest BCUT2D eigenvalue weighted by Crippen LogP contribution is -2.29. The molecule has 0 heterocycles. The van der Waals surface area contributed by atoms with E-state index in [1.807, 2.05) is 0 Å². The van der Waals surface area contributed by atoms with Crippen molar-refractivity contribution >= 4 is 11.6 Å². The molecule has 0 aromatic heterocycles. The fourth-order valence-electron chi connectivity index (χ4n) is 2.78. The Morgan fingerprint density at radius 2 is 1.32 bits per heavy atom. The molecule has 1 aromatic carbocycles. The second-order valence-corrected chi connectivity index (χ2v) is 7.44. The number of aliphatic hydroxyl groups is 3. The monoisotopic (exact) mass is 350 g/mol. The molecule has 1 saturated carbocycles. The number of carbonyl (C=O) groups excluding carboxylic acids is 2. The Morgan fingerprint density at radius 3 is 1.72 bits per heavy atom. The van der Waals surface area contributed by atoms with Crippen LogP contribution in [0, 0.1) is 26.2 Å². The van der Waals surface area contributed by atoms with E-state index in [9.17, 15) is 9.59 Å². The molecule has 0 bridgehead atoms. The Balaban J connectivity index is 0.000000333. The van der Waals surface area contributed by atoms with Crippen molar-refractivity contribution in [2.24, 2.45) is 5.41 Å². The zero-order chi connectivity index (χ0) is 19.2. The first-order valence-electron chi connectivity index (χ1n) is 8.59. The molecule has 0 spiro atoms. The summed E-state index contributed by atoms with van der Waals surface area (Å²) in [6.45, 7) is 7.28. The number of hydrogen-bond donors (Lipinski definition) is 3. The van der Waals surface area contributed by atoms with Crippen LogP contribution in [-0.4, -0.2) is 46.7 Å². The molecule has 1 aromatic rings. The smallest absolute Gasteiger partial charge is 0.140 e. The van der Waals surface area contributed by atoms with E-state index in [1.54, 1.807) is 6.92 Å². The third-order valence-electron chi connectivity index (χ3n) is 4.81. The summed E-state index contributed by atoms with van der Waals surface area (Å²) in [5.74, 6) is 0.274. The second kappa shape index (κ2) is 9.22. The molecule has 5 nitrogen and oxygen atoms in total. The van der Waals surface area contributed by atoms with Gasteiger partial charge in [-0.05, 0) is 48.9 Å². The van der Waals surface area contributed by atoms with E-state index in [2.05, 4.69) is 32.9 Å². The van der Waals surface area contributed by atoms with Crippen LogP contribution in [0.1, 0.15) is 54.4 Å². The van der Waals surface area contributed by atoms with Crippen LogP contribution in [0.2, 0.25) is 0 Å². The number of aryl methyl sites for hydroxylation is 3. The van der Waals surface area contributed by atoms with Gasteiger partial charge in [0.15, 0.2) is 0 Å². The summed E-state index contributed by atoms with van der Waals surface area (Å²) in [5, 5.41) is 25.4. The van der Waals surface area contributed by atoms with Crippen LogP contribution in [0.3, 0.4) is 0 Å². The van der Waals surface area contributed by atoms with E-state index >= 15 is 0 Å². The summed E-state index contributed by atoms with van der Waals surface area (Å²) in [6, 6.07) is 4.29. The van der Waals surface area contributed by atoms with Crippen molar-refractivity contribution in [3.8, 4) is 0 Å². The van der Waals surface area contributed by atoms with E-state index in [1.165, 1.54) is 22.3 Å². The van der Waals surface area contributed by atoms with Gasteiger partial charge < -0.3 is 15.3 Å². The summed E-state index contributed by atoms with van der Waals surface area (Å²) in [5.41, 5.74) is 4.16. The summed E-state index contributed by atoms with van der Waals surface area (Å²) < 4.78 is 0. The van der Waals surface area contributed by atoms with Gasteiger partial charge in [0, 0.05) is 18.3 Å². The quantitative estimate of drug-likeness (QED) is 0.722. The van der Waals surface area contributed by atoms with Crippen LogP contribution in [0.15, 0.2) is 12.1 Å². The number of hydrogen-bond acceptors (Lipinski definition) is 5. The summed E-state index contributed by atoms with van der Waals surface area (Å²) >= 11 is 0. The molecule has 0 amide bonds. The van der Waals surface area contributed by atoms with Crippen molar-refractivity contribution in [1.29, 1.82) is 0 Å². The first-order chi connectivity index (χ1) is 11.7. The minimum Gasteiger partial charge on any atom is -0.396 e. The fraction of sp³-hybridized carbons (Fsp3) is 0.600.